The first-order valence-corrected chi connectivity index (χ1v) is 8.38. The molecule has 0 unspecified atom stereocenters. The molecule has 23 heavy (non-hydrogen) atoms. The van der Waals surface area contributed by atoms with Crippen LogP contribution in [0.5, 0.6) is 0 Å². The van der Waals surface area contributed by atoms with Gasteiger partial charge in [-0.25, -0.2) is 0 Å². The second kappa shape index (κ2) is 5.93. The van der Waals surface area contributed by atoms with Crippen LogP contribution in [0, 0.1) is 0 Å². The molecule has 0 aliphatic carbocycles. The van der Waals surface area contributed by atoms with Crippen molar-refractivity contribution in [3.63, 3.8) is 0 Å². The summed E-state index contributed by atoms with van der Waals surface area (Å²) < 4.78 is 0. The summed E-state index contributed by atoms with van der Waals surface area (Å²) in [5.41, 5.74) is 4.18. The average Bonchev–Trinajstić information content (AvgIpc) is 2.59. The molecule has 5 heteroatoms. The van der Waals surface area contributed by atoms with Gasteiger partial charge in [-0.3, -0.25) is 0 Å². The van der Waals surface area contributed by atoms with Crippen LogP contribution in [0.2, 0.25) is 0 Å². The largest absolute Gasteiger partial charge is 0.489 e. The Balaban J connectivity index is 1.98. The van der Waals surface area contributed by atoms with Gasteiger partial charge in [0.15, 0.2) is 0 Å². The van der Waals surface area contributed by atoms with Crippen LogP contribution in [0.25, 0.3) is 0 Å². The van der Waals surface area contributed by atoms with Gasteiger partial charge < -0.3 is 10.0 Å². The minimum atomic E-state index is -1.46. The minimum absolute atomic E-state index is 0.113. The summed E-state index contributed by atoms with van der Waals surface area (Å²) >= 11 is 1.62. The van der Waals surface area contributed by atoms with E-state index in [0.29, 0.717) is 5.46 Å². The molecule has 3 aromatic rings. The van der Waals surface area contributed by atoms with Crippen LogP contribution in [-0.2, 0) is 0 Å². The quantitative estimate of drug-likeness (QED) is 0.524. The molecule has 0 saturated carbocycles. The topological polar surface area (TPSA) is 40.5 Å². The van der Waals surface area contributed by atoms with Crippen LogP contribution in [0.1, 0.15) is 0 Å². The van der Waals surface area contributed by atoms with E-state index in [1.807, 2.05) is 30.3 Å². The lowest BCUT2D eigenvalue weighted by Gasteiger charge is -2.27. The second-order valence-electron chi connectivity index (χ2n) is 5.62. The van der Waals surface area contributed by atoms with Gasteiger partial charge in [0.05, 0.1) is 0 Å². The zero-order chi connectivity index (χ0) is 15.8. The van der Waals surface area contributed by atoms with Crippen molar-refractivity contribution in [3.05, 3.63) is 72.8 Å². The molecule has 2 N–H and O–H groups in total. The fraction of sp³-hybridized carbons (Fsp3) is 0. The van der Waals surface area contributed by atoms with Crippen LogP contribution in [-0.4, -0.2) is 23.9 Å². The summed E-state index contributed by atoms with van der Waals surface area (Å²) in [5, 5.41) is 19.5. The number of hydrogen-bond acceptors (Lipinski definition) is 3. The Morgan fingerprint density at radius 3 is 2.22 bits per heavy atom. The Bertz CT molecular complexity index is 853. The number of benzene rings is 3. The SMILES string of the molecule is OB(O)c1cccc2c1Sc1ccccc1B2c1ccccc1. The second-order valence-corrected chi connectivity index (χ2v) is 6.68. The summed E-state index contributed by atoms with van der Waals surface area (Å²) in [5.74, 6) is 0. The van der Waals surface area contributed by atoms with E-state index in [9.17, 15) is 10.0 Å². The standard InChI is InChI=1S/C18H14B2O2S/c21-20(22)16-11-6-10-15-18(16)23-17-12-5-4-9-14(17)19(15)13-7-2-1-3-8-13/h1-12,21-22H. The molecule has 1 heterocycles. The van der Waals surface area contributed by atoms with Gasteiger partial charge in [0.25, 0.3) is 0 Å². The highest BCUT2D eigenvalue weighted by Crippen LogP contribution is 2.28. The fourth-order valence-electron chi connectivity index (χ4n) is 3.22. The van der Waals surface area contributed by atoms with E-state index in [0.717, 1.165) is 10.4 Å². The maximum atomic E-state index is 9.73. The summed E-state index contributed by atoms with van der Waals surface area (Å²) in [6.45, 7) is 0.113. The zero-order valence-corrected chi connectivity index (χ0v) is 13.2. The lowest BCUT2D eigenvalue weighted by molar-refractivity contribution is 0.425. The van der Waals surface area contributed by atoms with Gasteiger partial charge >= 0.3 is 7.12 Å². The molecule has 0 atom stereocenters. The Hall–Kier alpha value is -1.94. The molecule has 1 aliphatic rings. The molecule has 0 fully saturated rings. The first-order chi connectivity index (χ1) is 11.3. The van der Waals surface area contributed by atoms with Gasteiger partial charge in [0.2, 0.25) is 6.71 Å². The van der Waals surface area contributed by atoms with E-state index < -0.39 is 7.12 Å². The first kappa shape index (κ1) is 14.6. The van der Waals surface area contributed by atoms with E-state index in [1.165, 1.54) is 15.8 Å². The molecule has 0 amide bonds. The highest BCUT2D eigenvalue weighted by atomic mass is 32.2. The molecule has 3 aromatic carbocycles. The smallest absolute Gasteiger partial charge is 0.423 e. The third kappa shape index (κ3) is 2.51. The Morgan fingerprint density at radius 1 is 0.739 bits per heavy atom. The Labute approximate surface area is 140 Å². The highest BCUT2D eigenvalue weighted by Gasteiger charge is 2.33. The van der Waals surface area contributed by atoms with Crippen LogP contribution in [0.3, 0.4) is 0 Å². The van der Waals surface area contributed by atoms with E-state index in [4.69, 9.17) is 0 Å². The van der Waals surface area contributed by atoms with Crippen molar-refractivity contribution in [1.29, 1.82) is 0 Å². The van der Waals surface area contributed by atoms with Crippen molar-refractivity contribution >= 4 is 47.4 Å². The minimum Gasteiger partial charge on any atom is -0.423 e. The Kier molecular flexibility index (Phi) is 3.77. The summed E-state index contributed by atoms with van der Waals surface area (Å²) in [6.07, 6.45) is 0. The molecule has 110 valence electrons. The van der Waals surface area contributed by atoms with Crippen LogP contribution >= 0.6 is 11.8 Å². The zero-order valence-electron chi connectivity index (χ0n) is 12.4. The van der Waals surface area contributed by atoms with Crippen LogP contribution < -0.4 is 21.9 Å². The van der Waals surface area contributed by atoms with Gasteiger partial charge in [-0.2, -0.15) is 0 Å². The predicted octanol–water partition coefficient (Wildman–Crippen LogP) is 0.347. The molecule has 2 nitrogen and oxygen atoms in total. The maximum Gasteiger partial charge on any atom is 0.489 e. The van der Waals surface area contributed by atoms with Gasteiger partial charge in [0, 0.05) is 9.79 Å². The van der Waals surface area contributed by atoms with Gasteiger partial charge in [-0.1, -0.05) is 94.9 Å². The fourth-order valence-corrected chi connectivity index (χ4v) is 4.48. The van der Waals surface area contributed by atoms with Crippen molar-refractivity contribution in [2.24, 2.45) is 0 Å². The van der Waals surface area contributed by atoms with Gasteiger partial charge in [-0.05, 0) is 11.5 Å². The molecule has 0 aromatic heterocycles. The number of hydrogen-bond donors (Lipinski definition) is 2. The molecule has 1 aliphatic heterocycles. The third-order valence-electron chi connectivity index (χ3n) is 4.24. The van der Waals surface area contributed by atoms with Crippen molar-refractivity contribution in [2.45, 2.75) is 9.79 Å². The normalized spacial score (nSPS) is 12.5. The maximum absolute atomic E-state index is 9.73. The molecular formula is C18H14B2O2S. The van der Waals surface area contributed by atoms with Gasteiger partial charge in [0.1, 0.15) is 0 Å². The molecule has 0 radical (unpaired) electrons. The van der Waals surface area contributed by atoms with Crippen LogP contribution in [0.4, 0.5) is 0 Å². The number of fused-ring (bicyclic) bond motifs is 2. The Morgan fingerprint density at radius 2 is 1.43 bits per heavy atom. The van der Waals surface area contributed by atoms with E-state index in [1.54, 1.807) is 17.8 Å². The van der Waals surface area contributed by atoms with Crippen molar-refractivity contribution in [3.8, 4) is 0 Å². The molecule has 0 saturated heterocycles. The monoisotopic (exact) mass is 316 g/mol. The lowest BCUT2D eigenvalue weighted by atomic mass is 9.36. The lowest BCUT2D eigenvalue weighted by Crippen LogP contribution is -2.57. The summed E-state index contributed by atoms with van der Waals surface area (Å²) in [6, 6.07) is 24.5. The first-order valence-electron chi connectivity index (χ1n) is 7.56. The third-order valence-corrected chi connectivity index (χ3v) is 5.51. The molecule has 4 rings (SSSR count). The van der Waals surface area contributed by atoms with Crippen molar-refractivity contribution < 1.29 is 10.0 Å². The summed E-state index contributed by atoms with van der Waals surface area (Å²) in [4.78, 5) is 2.12. The molecule has 0 spiro atoms. The summed E-state index contributed by atoms with van der Waals surface area (Å²) in [7, 11) is -1.46. The van der Waals surface area contributed by atoms with Crippen molar-refractivity contribution in [1.82, 2.24) is 0 Å². The number of rotatable bonds is 2. The molecular weight excluding hydrogens is 302 g/mol. The van der Waals surface area contributed by atoms with E-state index >= 15 is 0 Å². The highest BCUT2D eigenvalue weighted by molar-refractivity contribution is 8.00. The van der Waals surface area contributed by atoms with Crippen molar-refractivity contribution in [2.75, 3.05) is 0 Å². The van der Waals surface area contributed by atoms with Crippen LogP contribution in [0.15, 0.2) is 82.6 Å². The predicted molar refractivity (Wildman–Crippen MR) is 97.9 cm³/mol. The van der Waals surface area contributed by atoms with E-state index in [2.05, 4.69) is 36.4 Å². The molecule has 0 bridgehead atoms. The average molecular weight is 316 g/mol. The van der Waals surface area contributed by atoms with E-state index in [-0.39, 0.29) is 6.71 Å². The van der Waals surface area contributed by atoms with Gasteiger partial charge in [-0.15, -0.1) is 0 Å².